The summed E-state index contributed by atoms with van der Waals surface area (Å²) in [6, 6.07) is 8.98. The van der Waals surface area contributed by atoms with Crippen molar-refractivity contribution >= 4 is 21.9 Å². The van der Waals surface area contributed by atoms with Crippen LogP contribution in [0.3, 0.4) is 0 Å². The summed E-state index contributed by atoms with van der Waals surface area (Å²) in [6.45, 7) is 1.05. The number of hydrogen-bond donors (Lipinski definition) is 2. The number of hydrogen-bond acceptors (Lipinski definition) is 3. The van der Waals surface area contributed by atoms with Gasteiger partial charge in [-0.25, -0.2) is 4.79 Å². The van der Waals surface area contributed by atoms with Crippen molar-refractivity contribution in [3.05, 3.63) is 30.3 Å². The van der Waals surface area contributed by atoms with Crippen LogP contribution in [0.25, 0.3) is 0 Å². The highest BCUT2D eigenvalue weighted by atomic mass is 32.2. The predicted octanol–water partition coefficient (Wildman–Crippen LogP) is 1.08. The maximum absolute atomic E-state index is 12.1. The molecule has 1 aromatic rings. The summed E-state index contributed by atoms with van der Waals surface area (Å²) in [5.74, 6) is 0. The van der Waals surface area contributed by atoms with Crippen LogP contribution in [0.4, 0.5) is 10.5 Å². The molecule has 0 bridgehead atoms. The summed E-state index contributed by atoms with van der Waals surface area (Å²) >= 11 is 0. The molecule has 0 unspecified atom stereocenters. The van der Waals surface area contributed by atoms with Crippen LogP contribution in [0.15, 0.2) is 30.3 Å². The lowest BCUT2D eigenvalue weighted by Crippen LogP contribution is -2.49. The number of rotatable bonds is 4. The first-order chi connectivity index (χ1) is 10.4. The van der Waals surface area contributed by atoms with Gasteiger partial charge in [-0.05, 0) is 25.0 Å². The van der Waals surface area contributed by atoms with Crippen molar-refractivity contribution in [3.63, 3.8) is 0 Å². The molecule has 0 atom stereocenters. The molecule has 1 aliphatic rings. The van der Waals surface area contributed by atoms with Crippen molar-refractivity contribution in [2.75, 3.05) is 32.5 Å². The third kappa shape index (κ3) is 4.43. The molecule has 0 aromatic heterocycles. The quantitative estimate of drug-likeness (QED) is 0.868. The lowest BCUT2D eigenvalue weighted by molar-refractivity contribution is 0.192. The van der Waals surface area contributed by atoms with E-state index in [-0.39, 0.29) is 12.1 Å². The third-order valence-electron chi connectivity index (χ3n) is 3.60. The average Bonchev–Trinajstić information content (AvgIpc) is 2.48. The molecule has 8 heteroatoms. The van der Waals surface area contributed by atoms with E-state index in [1.165, 1.54) is 14.1 Å². The fourth-order valence-electron chi connectivity index (χ4n) is 2.24. The number of para-hydroxylation sites is 1. The molecular weight excluding hydrogens is 304 g/mol. The molecule has 2 rings (SSSR count). The van der Waals surface area contributed by atoms with E-state index in [1.54, 1.807) is 4.90 Å². The monoisotopic (exact) mass is 326 g/mol. The Morgan fingerprint density at radius 3 is 2.32 bits per heavy atom. The molecule has 122 valence electrons. The largest absolute Gasteiger partial charge is 0.324 e. The van der Waals surface area contributed by atoms with Gasteiger partial charge in [-0.15, -0.1) is 0 Å². The molecule has 7 nitrogen and oxygen atoms in total. The third-order valence-corrected chi connectivity index (χ3v) is 5.20. The van der Waals surface area contributed by atoms with Crippen molar-refractivity contribution in [2.24, 2.45) is 0 Å². The van der Waals surface area contributed by atoms with Gasteiger partial charge in [0.05, 0.1) is 0 Å². The Balaban J connectivity index is 1.83. The molecule has 0 spiro atoms. The highest BCUT2D eigenvalue weighted by Crippen LogP contribution is 2.14. The van der Waals surface area contributed by atoms with E-state index < -0.39 is 10.2 Å². The molecule has 0 aliphatic carbocycles. The maximum atomic E-state index is 12.1. The Morgan fingerprint density at radius 2 is 1.77 bits per heavy atom. The fourth-order valence-corrected chi connectivity index (χ4v) is 3.11. The van der Waals surface area contributed by atoms with Crippen LogP contribution in [0.1, 0.15) is 12.8 Å². The molecular formula is C14H22N4O3S. The molecule has 1 aliphatic heterocycles. The fraction of sp³-hybridized carbons (Fsp3) is 0.500. The van der Waals surface area contributed by atoms with Gasteiger partial charge in [0.15, 0.2) is 0 Å². The highest BCUT2D eigenvalue weighted by Gasteiger charge is 2.26. The number of carbonyl (C=O) groups excluding carboxylic acids is 1. The van der Waals surface area contributed by atoms with E-state index in [9.17, 15) is 13.2 Å². The van der Waals surface area contributed by atoms with E-state index in [0.29, 0.717) is 25.9 Å². The van der Waals surface area contributed by atoms with Gasteiger partial charge < -0.3 is 10.2 Å². The van der Waals surface area contributed by atoms with Gasteiger partial charge >= 0.3 is 6.03 Å². The first-order valence-corrected chi connectivity index (χ1v) is 8.63. The van der Waals surface area contributed by atoms with E-state index in [0.717, 1.165) is 9.99 Å². The molecule has 2 amide bonds. The first kappa shape index (κ1) is 16.7. The number of carbonyl (C=O) groups is 1. The number of urea groups is 1. The van der Waals surface area contributed by atoms with Crippen LogP contribution >= 0.6 is 0 Å². The van der Waals surface area contributed by atoms with E-state index in [4.69, 9.17) is 0 Å². The molecule has 1 fully saturated rings. The molecule has 0 radical (unpaired) electrons. The van der Waals surface area contributed by atoms with Gasteiger partial charge in [0.2, 0.25) is 0 Å². The van der Waals surface area contributed by atoms with Gasteiger partial charge in [-0.3, -0.25) is 0 Å². The van der Waals surface area contributed by atoms with Gasteiger partial charge in [-0.2, -0.15) is 17.4 Å². The summed E-state index contributed by atoms with van der Waals surface area (Å²) in [5.41, 5.74) is 0.753. The number of anilines is 1. The van der Waals surface area contributed by atoms with Crippen LogP contribution in [0, 0.1) is 0 Å². The van der Waals surface area contributed by atoms with E-state index >= 15 is 0 Å². The zero-order valence-electron chi connectivity index (χ0n) is 12.8. The SMILES string of the molecule is CN(C)S(=O)(=O)NC1CCN(C(=O)Nc2ccccc2)CC1. The molecule has 2 N–H and O–H groups in total. The molecule has 0 saturated carbocycles. The van der Waals surface area contributed by atoms with Crippen molar-refractivity contribution in [2.45, 2.75) is 18.9 Å². The normalized spacial score (nSPS) is 16.8. The minimum atomic E-state index is -3.42. The van der Waals surface area contributed by atoms with Gasteiger partial charge in [0.1, 0.15) is 0 Å². The zero-order chi connectivity index (χ0) is 16.2. The maximum Gasteiger partial charge on any atom is 0.321 e. The summed E-state index contributed by atoms with van der Waals surface area (Å²) in [7, 11) is -0.438. The van der Waals surface area contributed by atoms with Gasteiger partial charge in [0, 0.05) is 38.9 Å². The summed E-state index contributed by atoms with van der Waals surface area (Å²) < 4.78 is 27.4. The van der Waals surface area contributed by atoms with Crippen molar-refractivity contribution < 1.29 is 13.2 Å². The smallest absolute Gasteiger partial charge is 0.321 e. The number of amides is 2. The predicted molar refractivity (Wildman–Crippen MR) is 85.8 cm³/mol. The first-order valence-electron chi connectivity index (χ1n) is 7.19. The van der Waals surface area contributed by atoms with Crippen molar-refractivity contribution in [1.82, 2.24) is 13.9 Å². The minimum Gasteiger partial charge on any atom is -0.324 e. The number of benzene rings is 1. The highest BCUT2D eigenvalue weighted by molar-refractivity contribution is 7.87. The average molecular weight is 326 g/mol. The minimum absolute atomic E-state index is 0.131. The van der Waals surface area contributed by atoms with Crippen molar-refractivity contribution in [3.8, 4) is 0 Å². The van der Waals surface area contributed by atoms with Crippen LogP contribution in [-0.4, -0.2) is 56.9 Å². The van der Waals surface area contributed by atoms with Crippen molar-refractivity contribution in [1.29, 1.82) is 0 Å². The molecule has 1 aromatic carbocycles. The number of piperidine rings is 1. The van der Waals surface area contributed by atoms with Gasteiger partial charge in [-0.1, -0.05) is 18.2 Å². The second-order valence-electron chi connectivity index (χ2n) is 5.46. The molecule has 1 saturated heterocycles. The molecule has 1 heterocycles. The lowest BCUT2D eigenvalue weighted by atomic mass is 10.1. The standard InChI is InChI=1S/C14H22N4O3S/c1-17(2)22(20,21)16-13-8-10-18(11-9-13)14(19)15-12-6-4-3-5-7-12/h3-7,13,16H,8-11H2,1-2H3,(H,15,19). The zero-order valence-corrected chi connectivity index (χ0v) is 13.6. The van der Waals surface area contributed by atoms with E-state index in [1.807, 2.05) is 30.3 Å². The summed E-state index contributed by atoms with van der Waals surface area (Å²) in [5, 5.41) is 2.83. The Kier molecular flexibility index (Phi) is 5.38. The van der Waals surface area contributed by atoms with Crippen LogP contribution < -0.4 is 10.0 Å². The van der Waals surface area contributed by atoms with E-state index in [2.05, 4.69) is 10.0 Å². The Morgan fingerprint density at radius 1 is 1.18 bits per heavy atom. The Bertz CT molecular complexity index is 596. The molecule has 22 heavy (non-hydrogen) atoms. The second kappa shape index (κ2) is 7.08. The van der Waals surface area contributed by atoms with Crippen LogP contribution in [-0.2, 0) is 10.2 Å². The second-order valence-corrected chi connectivity index (χ2v) is 7.38. The van der Waals surface area contributed by atoms with Crippen LogP contribution in [0.2, 0.25) is 0 Å². The van der Waals surface area contributed by atoms with Crippen LogP contribution in [0.5, 0.6) is 0 Å². The number of likely N-dealkylation sites (tertiary alicyclic amines) is 1. The summed E-state index contributed by atoms with van der Waals surface area (Å²) in [6.07, 6.45) is 1.21. The number of nitrogens with zero attached hydrogens (tertiary/aromatic N) is 2. The lowest BCUT2D eigenvalue weighted by Gasteiger charge is -2.32. The Hall–Kier alpha value is -1.64. The summed E-state index contributed by atoms with van der Waals surface area (Å²) in [4.78, 5) is 13.8. The van der Waals surface area contributed by atoms with Gasteiger partial charge in [0.25, 0.3) is 10.2 Å². The number of nitrogens with one attached hydrogen (secondary N) is 2. The topological polar surface area (TPSA) is 81.8 Å². The Labute approximate surface area is 131 Å².